The van der Waals surface area contributed by atoms with Gasteiger partial charge in [0, 0.05) is 56.1 Å². The van der Waals surface area contributed by atoms with E-state index in [4.69, 9.17) is 9.57 Å². The molecule has 1 aliphatic carbocycles. The zero-order valence-electron chi connectivity index (χ0n) is 19.7. The lowest BCUT2D eigenvalue weighted by molar-refractivity contribution is -0.127. The zero-order valence-corrected chi connectivity index (χ0v) is 20.5. The average molecular weight is 490 g/mol. The molecule has 1 aromatic heterocycles. The Morgan fingerprint density at radius 3 is 2.59 bits per heavy atom. The van der Waals surface area contributed by atoms with Crippen LogP contribution < -0.4 is 21.5 Å². The molecule has 0 spiro atoms. The first kappa shape index (κ1) is 25.1. The van der Waals surface area contributed by atoms with E-state index in [9.17, 15) is 9.59 Å². The molecule has 186 valence electrons. The van der Waals surface area contributed by atoms with Gasteiger partial charge in [0.2, 0.25) is 0 Å². The second-order valence-corrected chi connectivity index (χ2v) is 9.77. The summed E-state index contributed by atoms with van der Waals surface area (Å²) in [6.45, 7) is 5.97. The third kappa shape index (κ3) is 7.02. The highest BCUT2D eigenvalue weighted by atomic mass is 32.2. The van der Waals surface area contributed by atoms with Crippen LogP contribution in [0, 0.1) is 0 Å². The molecule has 2 N–H and O–H groups in total. The summed E-state index contributed by atoms with van der Waals surface area (Å²) in [6.07, 6.45) is 10.1. The van der Waals surface area contributed by atoms with Gasteiger partial charge < -0.3 is 15.4 Å². The van der Waals surface area contributed by atoms with Gasteiger partial charge in [-0.15, -0.1) is 4.47 Å². The summed E-state index contributed by atoms with van der Waals surface area (Å²) < 4.78 is 7.55. The van der Waals surface area contributed by atoms with E-state index in [1.165, 1.54) is 19.3 Å². The van der Waals surface area contributed by atoms with Gasteiger partial charge in [0.1, 0.15) is 11.4 Å². The summed E-state index contributed by atoms with van der Waals surface area (Å²) in [5.74, 6) is 1.02. The molecular formula is C24H35N5O4S. The second-order valence-electron chi connectivity index (χ2n) is 8.75. The minimum absolute atomic E-state index is 0.345. The lowest BCUT2D eigenvalue weighted by Gasteiger charge is -2.36. The molecule has 10 heteroatoms. The number of rotatable bonds is 15. The zero-order chi connectivity index (χ0) is 23.6. The maximum atomic E-state index is 11.9. The Balaban J connectivity index is 1.10. The highest BCUT2D eigenvalue weighted by Crippen LogP contribution is 2.30. The van der Waals surface area contributed by atoms with E-state index in [-0.39, 0.29) is 0 Å². The van der Waals surface area contributed by atoms with Crippen molar-refractivity contribution in [3.8, 4) is 0 Å². The summed E-state index contributed by atoms with van der Waals surface area (Å²) in [4.78, 5) is 36.3. The van der Waals surface area contributed by atoms with Gasteiger partial charge in [-0.3, -0.25) is 24.3 Å². The molecule has 1 saturated carbocycles. The molecule has 0 unspecified atom stereocenters. The van der Waals surface area contributed by atoms with Crippen LogP contribution in [-0.2, 0) is 9.57 Å². The van der Waals surface area contributed by atoms with Crippen molar-refractivity contribution < 1.29 is 9.57 Å². The Labute approximate surface area is 205 Å². The Kier molecular flexibility index (Phi) is 9.75. The van der Waals surface area contributed by atoms with E-state index in [0.29, 0.717) is 24.0 Å². The molecule has 2 aliphatic rings. The van der Waals surface area contributed by atoms with Gasteiger partial charge in [0.15, 0.2) is 0 Å². The number of nitrogens with zero attached hydrogens (tertiary/aromatic N) is 3. The van der Waals surface area contributed by atoms with E-state index >= 15 is 0 Å². The lowest BCUT2D eigenvalue weighted by atomic mass is 9.94. The lowest BCUT2D eigenvalue weighted by Crippen LogP contribution is -2.41. The van der Waals surface area contributed by atoms with Crippen LogP contribution in [0.25, 0.3) is 0 Å². The second kappa shape index (κ2) is 13.2. The van der Waals surface area contributed by atoms with Crippen LogP contribution in [-0.4, -0.2) is 72.1 Å². The average Bonchev–Trinajstić information content (AvgIpc) is 2.84. The Morgan fingerprint density at radius 1 is 1.09 bits per heavy atom. The number of anilines is 3. The fourth-order valence-electron chi connectivity index (χ4n) is 3.96. The van der Waals surface area contributed by atoms with E-state index < -0.39 is 10.9 Å². The number of aromatic nitrogens is 1. The largest absolute Gasteiger partial charge is 0.380 e. The fraction of sp³-hybridized carbons (Fsp3) is 0.625. The SMILES string of the molecule is O=c1c(NCCCCCSN(OCCN2CCOCC2)C2CCC2)c(Nc2ccncc2)c1=O. The van der Waals surface area contributed by atoms with Gasteiger partial charge in [-0.25, -0.2) is 0 Å². The number of hydroxylamine groups is 1. The molecule has 1 aliphatic heterocycles. The Morgan fingerprint density at radius 2 is 1.85 bits per heavy atom. The minimum atomic E-state index is -0.472. The Hall–Kier alpha value is -1.98. The number of morpholine rings is 1. The summed E-state index contributed by atoms with van der Waals surface area (Å²) in [5.41, 5.74) is 0.557. The van der Waals surface area contributed by atoms with Crippen LogP contribution in [0.15, 0.2) is 34.1 Å². The third-order valence-electron chi connectivity index (χ3n) is 6.30. The van der Waals surface area contributed by atoms with Crippen molar-refractivity contribution in [1.82, 2.24) is 14.4 Å². The molecule has 4 rings (SSSR count). The maximum absolute atomic E-state index is 11.9. The Bertz CT molecular complexity index is 943. The van der Waals surface area contributed by atoms with E-state index in [1.807, 2.05) is 0 Å². The minimum Gasteiger partial charge on any atom is -0.380 e. The molecule has 2 aromatic rings. The molecule has 0 radical (unpaired) electrons. The highest BCUT2D eigenvalue weighted by molar-refractivity contribution is 7.96. The van der Waals surface area contributed by atoms with Crippen molar-refractivity contribution in [3.05, 3.63) is 45.0 Å². The number of pyridine rings is 1. The summed E-state index contributed by atoms with van der Waals surface area (Å²) in [7, 11) is 0. The fourth-order valence-corrected chi connectivity index (χ4v) is 5.05. The predicted molar refractivity (Wildman–Crippen MR) is 136 cm³/mol. The molecule has 9 nitrogen and oxygen atoms in total. The van der Waals surface area contributed by atoms with Crippen LogP contribution in [0.3, 0.4) is 0 Å². The number of nitrogens with one attached hydrogen (secondary N) is 2. The van der Waals surface area contributed by atoms with Crippen molar-refractivity contribution in [2.24, 2.45) is 0 Å². The van der Waals surface area contributed by atoms with Crippen molar-refractivity contribution in [1.29, 1.82) is 0 Å². The summed E-state index contributed by atoms with van der Waals surface area (Å²) in [5, 5.41) is 6.16. The molecule has 0 amide bonds. The molecular weight excluding hydrogens is 454 g/mol. The molecule has 2 heterocycles. The molecule has 1 saturated heterocycles. The number of unbranched alkanes of at least 4 members (excludes halogenated alkanes) is 2. The quantitative estimate of drug-likeness (QED) is 0.168. The van der Waals surface area contributed by atoms with Gasteiger partial charge in [-0.05, 0) is 37.8 Å². The van der Waals surface area contributed by atoms with Crippen LogP contribution in [0.4, 0.5) is 17.1 Å². The van der Waals surface area contributed by atoms with Gasteiger partial charge in [0.05, 0.1) is 19.8 Å². The van der Waals surface area contributed by atoms with E-state index in [1.54, 1.807) is 36.5 Å². The van der Waals surface area contributed by atoms with Crippen molar-refractivity contribution in [2.45, 2.75) is 44.6 Å². The van der Waals surface area contributed by atoms with Crippen LogP contribution in [0.2, 0.25) is 0 Å². The number of hydrogen-bond donors (Lipinski definition) is 2. The highest BCUT2D eigenvalue weighted by Gasteiger charge is 2.26. The van der Waals surface area contributed by atoms with Crippen LogP contribution in [0.5, 0.6) is 0 Å². The third-order valence-corrected chi connectivity index (χ3v) is 7.43. The molecule has 1 aromatic carbocycles. The standard InChI is InChI=1S/C24H35N5O4S/c30-23-21(22(24(23)31)27-19-7-10-25-11-8-19)26-9-2-1-3-18-34-29(20-5-4-6-20)33-17-14-28-12-15-32-16-13-28/h7-8,10-11,20,26H,1-6,9,12-18H2,(H,25,27). The molecule has 34 heavy (non-hydrogen) atoms. The first-order valence-corrected chi connectivity index (χ1v) is 13.3. The molecule has 0 bridgehead atoms. The first-order valence-electron chi connectivity index (χ1n) is 12.3. The van der Waals surface area contributed by atoms with Crippen molar-refractivity contribution >= 4 is 29.0 Å². The topological polar surface area (TPSA) is 96.0 Å². The normalized spacial score (nSPS) is 17.2. The van der Waals surface area contributed by atoms with Crippen molar-refractivity contribution in [2.75, 3.05) is 62.4 Å². The maximum Gasteiger partial charge on any atom is 0.253 e. The van der Waals surface area contributed by atoms with Gasteiger partial charge in [-0.1, -0.05) is 24.8 Å². The number of ether oxygens (including phenoxy) is 1. The molecule has 0 atom stereocenters. The van der Waals surface area contributed by atoms with E-state index in [0.717, 1.165) is 70.2 Å². The monoisotopic (exact) mass is 489 g/mol. The summed E-state index contributed by atoms with van der Waals surface area (Å²) in [6, 6.07) is 4.06. The predicted octanol–water partition coefficient (Wildman–Crippen LogP) is 2.77. The first-order chi connectivity index (χ1) is 16.7. The van der Waals surface area contributed by atoms with Gasteiger partial charge >= 0.3 is 0 Å². The summed E-state index contributed by atoms with van der Waals surface area (Å²) >= 11 is 1.80. The molecule has 2 fully saturated rings. The number of hydrogen-bond acceptors (Lipinski definition) is 10. The van der Waals surface area contributed by atoms with Gasteiger partial charge in [-0.2, -0.15) is 0 Å². The van der Waals surface area contributed by atoms with Crippen molar-refractivity contribution in [3.63, 3.8) is 0 Å². The van der Waals surface area contributed by atoms with Crippen LogP contribution >= 0.6 is 11.9 Å². The van der Waals surface area contributed by atoms with Crippen LogP contribution in [0.1, 0.15) is 38.5 Å². The van der Waals surface area contributed by atoms with Gasteiger partial charge in [0.25, 0.3) is 10.9 Å². The smallest absolute Gasteiger partial charge is 0.253 e. The van der Waals surface area contributed by atoms with E-state index in [2.05, 4.69) is 25.0 Å².